The van der Waals surface area contributed by atoms with Gasteiger partial charge in [-0.1, -0.05) is 30.3 Å². The van der Waals surface area contributed by atoms with Gasteiger partial charge in [-0.3, -0.25) is 0 Å². The standard InChI is InChI=1S/C17H18N4O3S/c1-20(25(22,23)15-11-9-14(24-3)10-12-15)17-16(18-21(2)19-17)13-7-5-4-6-8-13/h4-12H,1-3H3. The van der Waals surface area contributed by atoms with E-state index in [9.17, 15) is 8.42 Å². The monoisotopic (exact) mass is 358 g/mol. The van der Waals surface area contributed by atoms with Gasteiger partial charge in [0.25, 0.3) is 10.0 Å². The van der Waals surface area contributed by atoms with E-state index < -0.39 is 10.0 Å². The van der Waals surface area contributed by atoms with Crippen LogP contribution in [0.25, 0.3) is 11.3 Å². The number of nitrogens with zero attached hydrogens (tertiary/aromatic N) is 4. The zero-order chi connectivity index (χ0) is 18.0. The summed E-state index contributed by atoms with van der Waals surface area (Å²) in [5.74, 6) is 0.857. The van der Waals surface area contributed by atoms with E-state index in [0.717, 1.165) is 9.87 Å². The second-order valence-electron chi connectivity index (χ2n) is 5.38. The number of hydrogen-bond donors (Lipinski definition) is 0. The van der Waals surface area contributed by atoms with Gasteiger partial charge in [0, 0.05) is 19.7 Å². The Bertz CT molecular complexity index is 967. The van der Waals surface area contributed by atoms with E-state index in [0.29, 0.717) is 11.4 Å². The largest absolute Gasteiger partial charge is 0.497 e. The highest BCUT2D eigenvalue weighted by molar-refractivity contribution is 7.92. The summed E-state index contributed by atoms with van der Waals surface area (Å²) in [6, 6.07) is 15.6. The van der Waals surface area contributed by atoms with Gasteiger partial charge in [0.05, 0.1) is 12.0 Å². The number of methoxy groups -OCH3 is 1. The minimum absolute atomic E-state index is 0.153. The number of ether oxygens (including phenoxy) is 1. The Labute approximate surface area is 146 Å². The smallest absolute Gasteiger partial charge is 0.265 e. The molecule has 0 atom stereocenters. The third-order valence-corrected chi connectivity index (χ3v) is 5.52. The van der Waals surface area contributed by atoms with Crippen molar-refractivity contribution in [1.29, 1.82) is 0 Å². The van der Waals surface area contributed by atoms with Crippen LogP contribution < -0.4 is 9.04 Å². The Morgan fingerprint density at radius 1 is 1.00 bits per heavy atom. The molecule has 0 saturated heterocycles. The van der Waals surface area contributed by atoms with Crippen molar-refractivity contribution in [1.82, 2.24) is 15.0 Å². The number of aromatic nitrogens is 3. The van der Waals surface area contributed by atoms with E-state index in [4.69, 9.17) is 4.74 Å². The van der Waals surface area contributed by atoms with Crippen molar-refractivity contribution in [2.45, 2.75) is 4.90 Å². The van der Waals surface area contributed by atoms with Gasteiger partial charge in [0.1, 0.15) is 11.4 Å². The number of benzene rings is 2. The van der Waals surface area contributed by atoms with E-state index in [1.807, 2.05) is 30.3 Å². The topological polar surface area (TPSA) is 77.3 Å². The molecule has 0 radical (unpaired) electrons. The van der Waals surface area contributed by atoms with E-state index >= 15 is 0 Å². The van der Waals surface area contributed by atoms with E-state index in [-0.39, 0.29) is 10.7 Å². The van der Waals surface area contributed by atoms with Crippen molar-refractivity contribution in [2.24, 2.45) is 7.05 Å². The van der Waals surface area contributed by atoms with Crippen molar-refractivity contribution in [3.05, 3.63) is 54.6 Å². The molecular formula is C17H18N4O3S. The fraction of sp³-hybridized carbons (Fsp3) is 0.176. The van der Waals surface area contributed by atoms with E-state index in [1.54, 1.807) is 19.2 Å². The lowest BCUT2D eigenvalue weighted by Gasteiger charge is -2.18. The maximum Gasteiger partial charge on any atom is 0.265 e. The Kier molecular flexibility index (Phi) is 4.45. The first-order valence-electron chi connectivity index (χ1n) is 7.53. The number of aryl methyl sites for hydroxylation is 1. The third-order valence-electron chi connectivity index (χ3n) is 3.76. The molecule has 1 heterocycles. The summed E-state index contributed by atoms with van der Waals surface area (Å²) in [5.41, 5.74) is 1.30. The van der Waals surface area contributed by atoms with Crippen LogP contribution in [0, 0.1) is 0 Å². The molecule has 0 unspecified atom stereocenters. The first-order valence-corrected chi connectivity index (χ1v) is 8.97. The average Bonchev–Trinajstić information content (AvgIpc) is 3.03. The minimum Gasteiger partial charge on any atom is -0.497 e. The molecule has 3 rings (SSSR count). The van der Waals surface area contributed by atoms with Crippen LogP contribution in [0.15, 0.2) is 59.5 Å². The van der Waals surface area contributed by atoms with Crippen LogP contribution in [0.2, 0.25) is 0 Å². The highest BCUT2D eigenvalue weighted by Gasteiger charge is 2.27. The normalized spacial score (nSPS) is 11.3. The predicted molar refractivity (Wildman–Crippen MR) is 95.0 cm³/mol. The van der Waals surface area contributed by atoms with Gasteiger partial charge in [0.2, 0.25) is 0 Å². The maximum atomic E-state index is 12.9. The van der Waals surface area contributed by atoms with Gasteiger partial charge in [-0.05, 0) is 24.3 Å². The molecule has 0 aliphatic heterocycles. The molecule has 1 aromatic heterocycles. The maximum absolute atomic E-state index is 12.9. The lowest BCUT2D eigenvalue weighted by atomic mass is 10.1. The summed E-state index contributed by atoms with van der Waals surface area (Å²) in [4.78, 5) is 1.51. The van der Waals surface area contributed by atoms with E-state index in [1.165, 1.54) is 31.1 Å². The lowest BCUT2D eigenvalue weighted by Crippen LogP contribution is -2.27. The molecule has 2 aromatic carbocycles. The zero-order valence-electron chi connectivity index (χ0n) is 14.1. The van der Waals surface area contributed by atoms with Gasteiger partial charge in [-0.25, -0.2) is 12.7 Å². The summed E-state index contributed by atoms with van der Waals surface area (Å²) in [7, 11) is 0.882. The van der Waals surface area contributed by atoms with Crippen LogP contribution in [0.5, 0.6) is 5.75 Å². The molecule has 0 spiro atoms. The van der Waals surface area contributed by atoms with Crippen molar-refractivity contribution in [2.75, 3.05) is 18.5 Å². The summed E-state index contributed by atoms with van der Waals surface area (Å²) in [5, 5.41) is 8.56. The van der Waals surface area contributed by atoms with Crippen LogP contribution in [0.1, 0.15) is 0 Å². The van der Waals surface area contributed by atoms with Gasteiger partial charge < -0.3 is 4.74 Å². The third kappa shape index (κ3) is 3.20. The highest BCUT2D eigenvalue weighted by atomic mass is 32.2. The van der Waals surface area contributed by atoms with Crippen molar-refractivity contribution in [3.8, 4) is 17.0 Å². The molecule has 0 saturated carbocycles. The van der Waals surface area contributed by atoms with Gasteiger partial charge in [-0.15, -0.1) is 5.10 Å². The van der Waals surface area contributed by atoms with Crippen molar-refractivity contribution >= 4 is 15.8 Å². The summed E-state index contributed by atoms with van der Waals surface area (Å²) >= 11 is 0. The Morgan fingerprint density at radius 2 is 1.64 bits per heavy atom. The Balaban J connectivity index is 2.04. The van der Waals surface area contributed by atoms with Gasteiger partial charge in [-0.2, -0.15) is 9.90 Å². The summed E-state index contributed by atoms with van der Waals surface area (Å²) < 4.78 is 32.1. The molecule has 25 heavy (non-hydrogen) atoms. The molecular weight excluding hydrogens is 340 g/mol. The molecule has 8 heteroatoms. The Morgan fingerprint density at radius 3 is 2.24 bits per heavy atom. The van der Waals surface area contributed by atoms with E-state index in [2.05, 4.69) is 10.2 Å². The minimum atomic E-state index is -3.77. The Hall–Kier alpha value is -2.87. The molecule has 0 fully saturated rings. The molecule has 0 aliphatic carbocycles. The fourth-order valence-corrected chi connectivity index (χ4v) is 3.56. The number of rotatable bonds is 5. The summed E-state index contributed by atoms with van der Waals surface area (Å²) in [6.45, 7) is 0. The summed E-state index contributed by atoms with van der Waals surface area (Å²) in [6.07, 6.45) is 0. The fourth-order valence-electron chi connectivity index (χ4n) is 2.41. The molecule has 0 aliphatic rings. The van der Waals surface area contributed by atoms with Crippen LogP contribution in [-0.4, -0.2) is 37.6 Å². The molecule has 3 aromatic rings. The van der Waals surface area contributed by atoms with Crippen LogP contribution in [-0.2, 0) is 17.1 Å². The highest BCUT2D eigenvalue weighted by Crippen LogP contribution is 2.30. The second kappa shape index (κ2) is 6.56. The number of anilines is 1. The molecule has 7 nitrogen and oxygen atoms in total. The quantitative estimate of drug-likeness (QED) is 0.699. The van der Waals surface area contributed by atoms with Crippen molar-refractivity contribution in [3.63, 3.8) is 0 Å². The van der Waals surface area contributed by atoms with Gasteiger partial charge >= 0.3 is 0 Å². The van der Waals surface area contributed by atoms with Crippen LogP contribution >= 0.6 is 0 Å². The first-order chi connectivity index (χ1) is 11.9. The van der Waals surface area contributed by atoms with Crippen LogP contribution in [0.3, 0.4) is 0 Å². The molecule has 0 amide bonds. The second-order valence-corrected chi connectivity index (χ2v) is 7.35. The molecule has 130 valence electrons. The SMILES string of the molecule is COc1ccc(S(=O)(=O)N(C)c2nn(C)nc2-c2ccccc2)cc1. The predicted octanol–water partition coefficient (Wildman–Crippen LogP) is 2.32. The average molecular weight is 358 g/mol. The molecule has 0 bridgehead atoms. The van der Waals surface area contributed by atoms with Crippen LogP contribution in [0.4, 0.5) is 5.82 Å². The first kappa shape index (κ1) is 17.0. The molecule has 0 N–H and O–H groups in total. The van der Waals surface area contributed by atoms with Gasteiger partial charge in [0.15, 0.2) is 5.82 Å². The lowest BCUT2D eigenvalue weighted by molar-refractivity contribution is 0.414. The zero-order valence-corrected chi connectivity index (χ0v) is 14.9. The van der Waals surface area contributed by atoms with Crippen molar-refractivity contribution < 1.29 is 13.2 Å². The number of sulfonamides is 1. The number of hydrogen-bond acceptors (Lipinski definition) is 5.